The Kier molecular flexibility index (Phi) is 4.82. The summed E-state index contributed by atoms with van der Waals surface area (Å²) < 4.78 is 41.6. The van der Waals surface area contributed by atoms with Crippen LogP contribution in [0, 0.1) is 12.7 Å². The smallest absolute Gasteiger partial charge is 0.239 e. The molecule has 0 radical (unpaired) electrons. The number of hydrogen-bond donors (Lipinski definition) is 1. The Labute approximate surface area is 131 Å². The molecule has 0 spiro atoms. The second kappa shape index (κ2) is 6.45. The molecular formula is C13H12ClFN2O4S. The van der Waals surface area contributed by atoms with E-state index < -0.39 is 33.1 Å². The number of rotatable bonds is 5. The molecule has 0 bridgehead atoms. The maximum Gasteiger partial charge on any atom is 0.239 e. The Morgan fingerprint density at radius 2 is 2.14 bits per heavy atom. The number of anilines is 1. The third-order valence-electron chi connectivity index (χ3n) is 2.60. The number of nitrogens with zero attached hydrogens (tertiary/aromatic N) is 1. The fourth-order valence-electron chi connectivity index (χ4n) is 1.73. The minimum atomic E-state index is -3.70. The summed E-state index contributed by atoms with van der Waals surface area (Å²) in [4.78, 5) is 11.7. The number of aromatic nitrogens is 1. The summed E-state index contributed by atoms with van der Waals surface area (Å²) in [6.45, 7) is 1.63. The van der Waals surface area contributed by atoms with E-state index in [9.17, 15) is 17.6 Å². The monoisotopic (exact) mass is 346 g/mol. The maximum atomic E-state index is 13.0. The van der Waals surface area contributed by atoms with Crippen LogP contribution in [0.1, 0.15) is 11.5 Å². The van der Waals surface area contributed by atoms with Crippen molar-refractivity contribution in [2.75, 3.05) is 11.1 Å². The Bertz CT molecular complexity index is 804. The van der Waals surface area contributed by atoms with Crippen LogP contribution in [0.25, 0.3) is 0 Å². The largest absolute Gasteiger partial charge is 0.361 e. The number of sulfone groups is 1. The molecule has 22 heavy (non-hydrogen) atoms. The van der Waals surface area contributed by atoms with Gasteiger partial charge in [-0.05, 0) is 25.1 Å². The van der Waals surface area contributed by atoms with E-state index in [1.165, 1.54) is 18.2 Å². The SMILES string of the molecule is Cc1cc(CS(=O)(=O)CC(=O)Nc2ccc(F)c(Cl)c2)no1. The molecule has 118 valence electrons. The molecule has 9 heteroatoms. The molecule has 0 aliphatic rings. The zero-order chi connectivity index (χ0) is 16.3. The van der Waals surface area contributed by atoms with Gasteiger partial charge in [-0.3, -0.25) is 4.79 Å². The van der Waals surface area contributed by atoms with Crippen molar-refractivity contribution in [1.29, 1.82) is 0 Å². The van der Waals surface area contributed by atoms with E-state index in [0.29, 0.717) is 5.76 Å². The van der Waals surface area contributed by atoms with Gasteiger partial charge >= 0.3 is 0 Å². The number of benzene rings is 1. The Morgan fingerprint density at radius 3 is 2.73 bits per heavy atom. The molecule has 6 nitrogen and oxygen atoms in total. The lowest BCUT2D eigenvalue weighted by Crippen LogP contribution is -2.24. The fourth-order valence-corrected chi connectivity index (χ4v) is 3.07. The van der Waals surface area contributed by atoms with E-state index >= 15 is 0 Å². The lowest BCUT2D eigenvalue weighted by atomic mass is 10.3. The first-order valence-corrected chi connectivity index (χ1v) is 8.32. The normalized spacial score (nSPS) is 11.4. The zero-order valence-corrected chi connectivity index (χ0v) is 13.0. The van der Waals surface area contributed by atoms with Crippen LogP contribution in [0.2, 0.25) is 5.02 Å². The molecule has 0 fully saturated rings. The Hall–Kier alpha value is -1.93. The van der Waals surface area contributed by atoms with Gasteiger partial charge < -0.3 is 9.84 Å². The predicted molar refractivity (Wildman–Crippen MR) is 78.8 cm³/mol. The number of carbonyl (C=O) groups excluding carboxylic acids is 1. The Morgan fingerprint density at radius 1 is 1.41 bits per heavy atom. The van der Waals surface area contributed by atoms with Gasteiger partial charge in [0.15, 0.2) is 9.84 Å². The van der Waals surface area contributed by atoms with Crippen molar-refractivity contribution in [3.63, 3.8) is 0 Å². The predicted octanol–water partition coefficient (Wildman–Crippen LogP) is 2.33. The van der Waals surface area contributed by atoms with Crippen molar-refractivity contribution < 1.29 is 22.1 Å². The lowest BCUT2D eigenvalue weighted by Gasteiger charge is -2.06. The van der Waals surface area contributed by atoms with Crippen LogP contribution >= 0.6 is 11.6 Å². The first kappa shape index (κ1) is 16.4. The summed E-state index contributed by atoms with van der Waals surface area (Å²) >= 11 is 5.58. The van der Waals surface area contributed by atoms with Crippen molar-refractivity contribution in [1.82, 2.24) is 5.16 Å². The van der Waals surface area contributed by atoms with E-state index in [1.807, 2.05) is 0 Å². The Balaban J connectivity index is 1.99. The molecule has 1 heterocycles. The summed E-state index contributed by atoms with van der Waals surface area (Å²) in [5.74, 6) is -2.03. The fraction of sp³-hybridized carbons (Fsp3) is 0.231. The quantitative estimate of drug-likeness (QED) is 0.897. The molecule has 0 aliphatic carbocycles. The number of aryl methyl sites for hydroxylation is 1. The summed E-state index contributed by atoms with van der Waals surface area (Å²) in [5, 5.41) is 5.74. The molecule has 1 aromatic carbocycles. The van der Waals surface area contributed by atoms with Crippen molar-refractivity contribution >= 4 is 33.0 Å². The number of hydrogen-bond acceptors (Lipinski definition) is 5. The number of amides is 1. The van der Waals surface area contributed by atoms with Crippen molar-refractivity contribution in [3.8, 4) is 0 Å². The van der Waals surface area contributed by atoms with E-state index in [0.717, 1.165) is 6.07 Å². The van der Waals surface area contributed by atoms with Crippen LogP contribution < -0.4 is 5.32 Å². The third kappa shape index (κ3) is 4.54. The number of carbonyl (C=O) groups is 1. The van der Waals surface area contributed by atoms with E-state index in [2.05, 4.69) is 10.5 Å². The number of nitrogens with one attached hydrogen (secondary N) is 1. The van der Waals surface area contributed by atoms with Gasteiger partial charge in [-0.2, -0.15) is 0 Å². The molecule has 0 aliphatic heterocycles. The average molecular weight is 347 g/mol. The molecule has 1 N–H and O–H groups in total. The van der Waals surface area contributed by atoms with Crippen LogP contribution in [-0.4, -0.2) is 25.2 Å². The summed E-state index contributed by atoms with van der Waals surface area (Å²) in [7, 11) is -3.70. The third-order valence-corrected chi connectivity index (χ3v) is 4.33. The highest BCUT2D eigenvalue weighted by molar-refractivity contribution is 7.91. The van der Waals surface area contributed by atoms with Gasteiger partial charge in [0.2, 0.25) is 5.91 Å². The van der Waals surface area contributed by atoms with E-state index in [-0.39, 0.29) is 16.4 Å². The molecule has 0 saturated carbocycles. The summed E-state index contributed by atoms with van der Waals surface area (Å²) in [6.07, 6.45) is 0. The van der Waals surface area contributed by atoms with Gasteiger partial charge in [-0.25, -0.2) is 12.8 Å². The van der Waals surface area contributed by atoms with Gasteiger partial charge in [-0.1, -0.05) is 16.8 Å². The van der Waals surface area contributed by atoms with E-state index in [4.69, 9.17) is 16.1 Å². The molecule has 0 atom stereocenters. The van der Waals surface area contributed by atoms with Crippen LogP contribution in [0.5, 0.6) is 0 Å². The first-order valence-electron chi connectivity index (χ1n) is 6.13. The standard InChI is InChI=1S/C13H12ClFN2O4S/c1-8-4-10(17-21-8)6-22(19,20)7-13(18)16-9-2-3-12(15)11(14)5-9/h2-5H,6-7H2,1H3,(H,16,18). The average Bonchev–Trinajstić information content (AvgIpc) is 2.77. The van der Waals surface area contributed by atoms with Gasteiger partial charge in [0.1, 0.15) is 17.3 Å². The first-order chi connectivity index (χ1) is 10.2. The van der Waals surface area contributed by atoms with Crippen molar-refractivity contribution in [3.05, 3.63) is 46.6 Å². The molecular weight excluding hydrogens is 335 g/mol. The second-order valence-corrected chi connectivity index (χ2v) is 7.11. The van der Waals surface area contributed by atoms with Gasteiger partial charge in [0.05, 0.1) is 16.5 Å². The molecule has 1 aromatic heterocycles. The van der Waals surface area contributed by atoms with Gasteiger partial charge in [0, 0.05) is 11.8 Å². The topological polar surface area (TPSA) is 89.3 Å². The minimum absolute atomic E-state index is 0.168. The highest BCUT2D eigenvalue weighted by Gasteiger charge is 2.19. The minimum Gasteiger partial charge on any atom is -0.361 e. The van der Waals surface area contributed by atoms with Gasteiger partial charge in [0.25, 0.3) is 0 Å². The van der Waals surface area contributed by atoms with Crippen LogP contribution in [-0.2, 0) is 20.4 Å². The molecule has 1 amide bonds. The second-order valence-electron chi connectivity index (χ2n) is 4.64. The van der Waals surface area contributed by atoms with Gasteiger partial charge in [-0.15, -0.1) is 0 Å². The molecule has 0 saturated heterocycles. The van der Waals surface area contributed by atoms with E-state index in [1.54, 1.807) is 6.92 Å². The number of halogens is 2. The molecule has 0 unspecified atom stereocenters. The maximum absolute atomic E-state index is 13.0. The van der Waals surface area contributed by atoms with Crippen molar-refractivity contribution in [2.24, 2.45) is 0 Å². The summed E-state index contributed by atoms with van der Waals surface area (Å²) in [6, 6.07) is 5.04. The molecule has 2 aromatic rings. The highest BCUT2D eigenvalue weighted by atomic mass is 35.5. The van der Waals surface area contributed by atoms with Crippen LogP contribution in [0.3, 0.4) is 0 Å². The summed E-state index contributed by atoms with van der Waals surface area (Å²) in [5.41, 5.74) is 0.444. The highest BCUT2D eigenvalue weighted by Crippen LogP contribution is 2.19. The molecule has 2 rings (SSSR count). The zero-order valence-electron chi connectivity index (χ0n) is 11.5. The van der Waals surface area contributed by atoms with Crippen molar-refractivity contribution in [2.45, 2.75) is 12.7 Å². The van der Waals surface area contributed by atoms with Crippen LogP contribution in [0.15, 0.2) is 28.8 Å². The van der Waals surface area contributed by atoms with Crippen LogP contribution in [0.4, 0.5) is 10.1 Å². The lowest BCUT2D eigenvalue weighted by molar-refractivity contribution is -0.113.